The van der Waals surface area contributed by atoms with Crippen molar-refractivity contribution in [3.05, 3.63) is 11.9 Å². The average Bonchev–Trinajstić information content (AvgIpc) is 2.26. The summed E-state index contributed by atoms with van der Waals surface area (Å²) in [4.78, 5) is 8.82. The second-order valence-electron chi connectivity index (χ2n) is 5.40. The van der Waals surface area contributed by atoms with E-state index in [2.05, 4.69) is 48.3 Å². The highest BCUT2D eigenvalue weighted by Crippen LogP contribution is 2.18. The molecule has 1 aromatic rings. The maximum Gasteiger partial charge on any atom is 0.132 e. The zero-order valence-electron chi connectivity index (χ0n) is 11.6. The molecule has 0 aliphatic carbocycles. The summed E-state index contributed by atoms with van der Waals surface area (Å²) in [5, 5.41) is 6.42. The van der Waals surface area contributed by atoms with Crippen LogP contribution in [0.4, 0.5) is 11.6 Å². The van der Waals surface area contributed by atoms with E-state index >= 15 is 0 Å². The summed E-state index contributed by atoms with van der Waals surface area (Å²) in [6.45, 7) is 9.72. The molecule has 0 spiro atoms. The average molecular weight is 236 g/mol. The molecular formula is C13H24N4. The first kappa shape index (κ1) is 13.7. The zero-order valence-corrected chi connectivity index (χ0v) is 11.6. The molecule has 0 fully saturated rings. The molecule has 0 aliphatic rings. The molecule has 4 nitrogen and oxygen atoms in total. The van der Waals surface area contributed by atoms with Crippen molar-refractivity contribution in [2.75, 3.05) is 24.2 Å². The number of aryl methyl sites for hydroxylation is 1. The lowest BCUT2D eigenvalue weighted by molar-refractivity contribution is 0.389. The second-order valence-corrected chi connectivity index (χ2v) is 5.40. The monoisotopic (exact) mass is 236 g/mol. The van der Waals surface area contributed by atoms with Gasteiger partial charge in [-0.3, -0.25) is 0 Å². The molecule has 0 unspecified atom stereocenters. The first-order chi connectivity index (χ1) is 7.94. The Hall–Kier alpha value is -1.32. The topological polar surface area (TPSA) is 49.8 Å². The van der Waals surface area contributed by atoms with Crippen molar-refractivity contribution in [1.82, 2.24) is 9.97 Å². The van der Waals surface area contributed by atoms with Crippen LogP contribution in [-0.2, 0) is 6.42 Å². The minimum atomic E-state index is 0.347. The van der Waals surface area contributed by atoms with E-state index < -0.39 is 0 Å². The van der Waals surface area contributed by atoms with Crippen LogP contribution in [0.1, 0.15) is 39.9 Å². The fourth-order valence-electron chi connectivity index (χ4n) is 1.44. The van der Waals surface area contributed by atoms with Gasteiger partial charge in [-0.05, 0) is 11.8 Å². The van der Waals surface area contributed by atoms with Crippen LogP contribution < -0.4 is 10.6 Å². The molecule has 0 radical (unpaired) electrons. The quantitative estimate of drug-likeness (QED) is 0.825. The Labute approximate surface area is 104 Å². The minimum Gasteiger partial charge on any atom is -0.373 e. The molecule has 1 heterocycles. The van der Waals surface area contributed by atoms with Crippen molar-refractivity contribution >= 4 is 11.6 Å². The van der Waals surface area contributed by atoms with Gasteiger partial charge in [-0.15, -0.1) is 0 Å². The first-order valence-electron chi connectivity index (χ1n) is 6.24. The van der Waals surface area contributed by atoms with E-state index in [1.807, 2.05) is 13.1 Å². The lowest BCUT2D eigenvalue weighted by Crippen LogP contribution is -2.14. The fourth-order valence-corrected chi connectivity index (χ4v) is 1.44. The van der Waals surface area contributed by atoms with E-state index in [1.165, 1.54) is 0 Å². The maximum atomic E-state index is 4.46. The van der Waals surface area contributed by atoms with Crippen molar-refractivity contribution < 1.29 is 0 Å². The van der Waals surface area contributed by atoms with Crippen LogP contribution in [0.15, 0.2) is 6.07 Å². The molecule has 0 bridgehead atoms. The van der Waals surface area contributed by atoms with E-state index in [9.17, 15) is 0 Å². The van der Waals surface area contributed by atoms with E-state index in [4.69, 9.17) is 0 Å². The largest absolute Gasteiger partial charge is 0.373 e. The highest BCUT2D eigenvalue weighted by atomic mass is 15.1. The van der Waals surface area contributed by atoms with Crippen LogP contribution in [0.5, 0.6) is 0 Å². The summed E-state index contributed by atoms with van der Waals surface area (Å²) in [5.41, 5.74) is 0.347. The van der Waals surface area contributed by atoms with Gasteiger partial charge in [-0.25, -0.2) is 9.97 Å². The van der Waals surface area contributed by atoms with Gasteiger partial charge in [0.15, 0.2) is 0 Å². The third-order valence-corrected chi connectivity index (χ3v) is 2.53. The predicted octanol–water partition coefficient (Wildman–Crippen LogP) is 2.93. The van der Waals surface area contributed by atoms with Gasteiger partial charge in [0, 0.05) is 26.1 Å². The van der Waals surface area contributed by atoms with Gasteiger partial charge in [0.1, 0.15) is 17.5 Å². The van der Waals surface area contributed by atoms with Crippen LogP contribution in [0.3, 0.4) is 0 Å². The van der Waals surface area contributed by atoms with E-state index in [0.717, 1.165) is 36.8 Å². The Morgan fingerprint density at radius 3 is 2.35 bits per heavy atom. The Morgan fingerprint density at radius 1 is 1.18 bits per heavy atom. The highest BCUT2D eigenvalue weighted by Gasteiger charge is 2.09. The Morgan fingerprint density at radius 2 is 1.82 bits per heavy atom. The third-order valence-electron chi connectivity index (χ3n) is 2.53. The Kier molecular flexibility index (Phi) is 4.73. The third kappa shape index (κ3) is 5.02. The molecule has 17 heavy (non-hydrogen) atoms. The summed E-state index contributed by atoms with van der Waals surface area (Å²) in [6, 6.07) is 1.95. The zero-order chi connectivity index (χ0) is 12.9. The van der Waals surface area contributed by atoms with Crippen LogP contribution in [0, 0.1) is 5.41 Å². The number of rotatable bonds is 5. The number of hydrogen-bond donors (Lipinski definition) is 2. The normalized spacial score (nSPS) is 11.4. The van der Waals surface area contributed by atoms with Crippen molar-refractivity contribution in [2.24, 2.45) is 5.41 Å². The van der Waals surface area contributed by atoms with Crippen molar-refractivity contribution in [3.63, 3.8) is 0 Å². The summed E-state index contributed by atoms with van der Waals surface area (Å²) >= 11 is 0. The molecule has 96 valence electrons. The molecule has 0 saturated heterocycles. The van der Waals surface area contributed by atoms with Gasteiger partial charge in [-0.2, -0.15) is 0 Å². The summed E-state index contributed by atoms with van der Waals surface area (Å²) in [6.07, 6.45) is 1.97. The van der Waals surface area contributed by atoms with Crippen LogP contribution in [-0.4, -0.2) is 23.6 Å². The Bertz CT molecular complexity index is 333. The van der Waals surface area contributed by atoms with Gasteiger partial charge >= 0.3 is 0 Å². The van der Waals surface area contributed by atoms with Crippen LogP contribution in [0.25, 0.3) is 0 Å². The van der Waals surface area contributed by atoms with E-state index in [0.29, 0.717) is 5.41 Å². The number of nitrogens with zero attached hydrogens (tertiary/aromatic N) is 2. The lowest BCUT2D eigenvalue weighted by Gasteiger charge is -2.18. The van der Waals surface area contributed by atoms with Crippen LogP contribution >= 0.6 is 0 Å². The smallest absolute Gasteiger partial charge is 0.132 e. The minimum absolute atomic E-state index is 0.347. The van der Waals surface area contributed by atoms with E-state index in [1.54, 1.807) is 0 Å². The van der Waals surface area contributed by atoms with Crippen molar-refractivity contribution in [3.8, 4) is 0 Å². The highest BCUT2D eigenvalue weighted by molar-refractivity contribution is 5.47. The van der Waals surface area contributed by atoms with Gasteiger partial charge in [0.05, 0.1) is 0 Å². The van der Waals surface area contributed by atoms with Gasteiger partial charge in [0.25, 0.3) is 0 Å². The molecule has 0 aliphatic heterocycles. The predicted molar refractivity (Wildman–Crippen MR) is 73.5 cm³/mol. The second kappa shape index (κ2) is 5.84. The molecule has 1 aromatic heterocycles. The summed E-state index contributed by atoms with van der Waals surface area (Å²) in [5.74, 6) is 2.65. The lowest BCUT2D eigenvalue weighted by atomic mass is 9.92. The summed E-state index contributed by atoms with van der Waals surface area (Å²) in [7, 11) is 1.88. The SMILES string of the molecule is CCc1nc(NC)cc(NCCC(C)(C)C)n1. The van der Waals surface area contributed by atoms with Crippen molar-refractivity contribution in [2.45, 2.75) is 40.5 Å². The maximum absolute atomic E-state index is 4.46. The molecule has 0 aromatic carbocycles. The molecule has 2 N–H and O–H groups in total. The fraction of sp³-hybridized carbons (Fsp3) is 0.692. The molecule has 1 rings (SSSR count). The van der Waals surface area contributed by atoms with E-state index in [-0.39, 0.29) is 0 Å². The number of hydrogen-bond acceptors (Lipinski definition) is 4. The molecule has 0 amide bonds. The summed E-state index contributed by atoms with van der Waals surface area (Å²) < 4.78 is 0. The number of nitrogens with one attached hydrogen (secondary N) is 2. The van der Waals surface area contributed by atoms with Crippen molar-refractivity contribution in [1.29, 1.82) is 0 Å². The molecule has 0 atom stereocenters. The van der Waals surface area contributed by atoms with Crippen LogP contribution in [0.2, 0.25) is 0 Å². The van der Waals surface area contributed by atoms with Gasteiger partial charge < -0.3 is 10.6 Å². The standard InChI is InChI=1S/C13H24N4/c1-6-10-16-11(14-5)9-12(17-10)15-8-7-13(2,3)4/h9H,6-8H2,1-5H3,(H2,14,15,16,17). The molecular weight excluding hydrogens is 212 g/mol. The first-order valence-corrected chi connectivity index (χ1v) is 6.24. The number of anilines is 2. The molecule has 4 heteroatoms. The Balaban J connectivity index is 2.64. The molecule has 0 saturated carbocycles. The van der Waals surface area contributed by atoms with Gasteiger partial charge in [-0.1, -0.05) is 27.7 Å². The number of aromatic nitrogens is 2. The van der Waals surface area contributed by atoms with Gasteiger partial charge in [0.2, 0.25) is 0 Å².